The number of rotatable bonds is 8. The Kier molecular flexibility index (Phi) is 8.11. The summed E-state index contributed by atoms with van der Waals surface area (Å²) in [6.45, 7) is 0. The number of nitrogens with zero attached hydrogens (tertiary/aromatic N) is 2. The van der Waals surface area contributed by atoms with Crippen LogP contribution in [0.3, 0.4) is 0 Å². The third kappa shape index (κ3) is 5.68. The van der Waals surface area contributed by atoms with E-state index in [-0.39, 0.29) is 0 Å². The van der Waals surface area contributed by atoms with Gasteiger partial charge in [0.05, 0.1) is 19.8 Å². The molecule has 0 amide bonds. The third-order valence-electron chi connectivity index (χ3n) is 3.65. The summed E-state index contributed by atoms with van der Waals surface area (Å²) in [5.74, 6) is 1.07. The summed E-state index contributed by atoms with van der Waals surface area (Å²) >= 11 is 11.7. The average Bonchev–Trinajstić information content (AvgIpc) is 3.10. The van der Waals surface area contributed by atoms with Crippen LogP contribution in [0.25, 0.3) is 0 Å². The van der Waals surface area contributed by atoms with Crippen LogP contribution in [0, 0.1) is 3.14 Å². The molecular formula is C19H16N2O2S5. The first kappa shape index (κ1) is 21.1. The quantitative estimate of drug-likeness (QED) is 0.131. The molecule has 0 aliphatic rings. The summed E-state index contributed by atoms with van der Waals surface area (Å²) in [4.78, 5) is 0. The second kappa shape index (κ2) is 10.8. The molecule has 3 aromatic rings. The monoisotopic (exact) mass is 464 g/mol. The van der Waals surface area contributed by atoms with E-state index in [0.717, 1.165) is 22.7 Å². The molecule has 1 aromatic heterocycles. The van der Waals surface area contributed by atoms with Gasteiger partial charge in [-0.25, -0.2) is 0 Å². The lowest BCUT2D eigenvalue weighted by molar-refractivity contribution is 0.319. The van der Waals surface area contributed by atoms with Crippen molar-refractivity contribution in [3.8, 4) is 0 Å². The van der Waals surface area contributed by atoms with Crippen LogP contribution in [0.5, 0.6) is 0 Å². The highest BCUT2D eigenvalue weighted by molar-refractivity contribution is 8.05. The Morgan fingerprint density at radius 3 is 1.50 bits per heavy atom. The Balaban J connectivity index is 1.69. The first-order valence-electron chi connectivity index (χ1n) is 8.13. The van der Waals surface area contributed by atoms with Crippen molar-refractivity contribution in [2.75, 3.05) is 11.5 Å². The van der Waals surface area contributed by atoms with Crippen LogP contribution in [0.2, 0.25) is 0 Å². The smallest absolute Gasteiger partial charge is 0.145 e. The number of oxime groups is 2. The van der Waals surface area contributed by atoms with Crippen LogP contribution in [0.15, 0.2) is 79.4 Å². The van der Waals surface area contributed by atoms with E-state index < -0.39 is 0 Å². The van der Waals surface area contributed by atoms with Gasteiger partial charge in [-0.15, -0.1) is 46.2 Å². The SMILES string of the molecule is O/N=C(\CSc1sc(=S)sc1SC/C(=N/O)c1ccccc1)c1ccccc1. The second-order valence-electron chi connectivity index (χ2n) is 5.43. The summed E-state index contributed by atoms with van der Waals surface area (Å²) in [6.07, 6.45) is 0. The van der Waals surface area contributed by atoms with Crippen LogP contribution >= 0.6 is 58.4 Å². The van der Waals surface area contributed by atoms with Gasteiger partial charge in [-0.3, -0.25) is 0 Å². The fourth-order valence-corrected chi connectivity index (χ4v) is 8.32. The summed E-state index contributed by atoms with van der Waals surface area (Å²) < 4.78 is 3.01. The van der Waals surface area contributed by atoms with Crippen molar-refractivity contribution in [1.29, 1.82) is 0 Å². The predicted molar refractivity (Wildman–Crippen MR) is 124 cm³/mol. The van der Waals surface area contributed by atoms with Crippen LogP contribution in [0.4, 0.5) is 0 Å². The number of hydrogen-bond acceptors (Lipinski definition) is 9. The molecule has 0 aliphatic carbocycles. The molecular weight excluding hydrogens is 449 g/mol. The zero-order chi connectivity index (χ0) is 19.8. The highest BCUT2D eigenvalue weighted by Crippen LogP contribution is 2.41. The van der Waals surface area contributed by atoms with Crippen molar-refractivity contribution < 1.29 is 10.4 Å². The Morgan fingerprint density at radius 1 is 0.750 bits per heavy atom. The van der Waals surface area contributed by atoms with Crippen molar-refractivity contribution in [3.63, 3.8) is 0 Å². The summed E-state index contributed by atoms with van der Waals surface area (Å²) in [7, 11) is 0. The molecule has 0 atom stereocenters. The van der Waals surface area contributed by atoms with E-state index in [1.54, 1.807) is 46.2 Å². The highest BCUT2D eigenvalue weighted by atomic mass is 32.2. The molecule has 2 aromatic carbocycles. The van der Waals surface area contributed by atoms with Gasteiger partial charge in [0.2, 0.25) is 0 Å². The maximum absolute atomic E-state index is 9.38. The van der Waals surface area contributed by atoms with Crippen LogP contribution in [-0.2, 0) is 0 Å². The molecule has 0 saturated heterocycles. The van der Waals surface area contributed by atoms with Gasteiger partial charge in [0.25, 0.3) is 0 Å². The number of hydrogen-bond donors (Lipinski definition) is 2. The fraction of sp³-hybridized carbons (Fsp3) is 0.105. The van der Waals surface area contributed by atoms with Crippen LogP contribution < -0.4 is 0 Å². The maximum atomic E-state index is 9.38. The average molecular weight is 465 g/mol. The van der Waals surface area contributed by atoms with Gasteiger partial charge >= 0.3 is 0 Å². The molecule has 3 rings (SSSR count). The molecule has 0 unspecified atom stereocenters. The molecule has 144 valence electrons. The topological polar surface area (TPSA) is 65.2 Å². The Morgan fingerprint density at radius 2 is 1.14 bits per heavy atom. The molecule has 28 heavy (non-hydrogen) atoms. The van der Waals surface area contributed by atoms with Gasteiger partial charge < -0.3 is 10.4 Å². The summed E-state index contributed by atoms with van der Waals surface area (Å²) in [5.41, 5.74) is 3.02. The molecule has 0 spiro atoms. The molecule has 0 saturated carbocycles. The maximum Gasteiger partial charge on any atom is 0.145 e. The lowest BCUT2D eigenvalue weighted by atomic mass is 10.1. The zero-order valence-corrected chi connectivity index (χ0v) is 18.6. The van der Waals surface area contributed by atoms with E-state index in [1.165, 1.54) is 0 Å². The lowest BCUT2D eigenvalue weighted by Gasteiger charge is -2.06. The normalized spacial score (nSPS) is 12.3. The van der Waals surface area contributed by atoms with Gasteiger partial charge in [-0.05, 0) is 0 Å². The van der Waals surface area contributed by atoms with E-state index in [9.17, 15) is 10.4 Å². The van der Waals surface area contributed by atoms with Crippen LogP contribution in [-0.4, -0.2) is 33.3 Å². The number of thioether (sulfide) groups is 2. The molecule has 0 aliphatic heterocycles. The van der Waals surface area contributed by atoms with Gasteiger partial charge in [-0.2, -0.15) is 0 Å². The van der Waals surface area contributed by atoms with Crippen molar-refractivity contribution in [2.24, 2.45) is 10.3 Å². The zero-order valence-electron chi connectivity index (χ0n) is 14.5. The Bertz CT molecular complexity index is 934. The first-order valence-corrected chi connectivity index (χ1v) is 12.1. The molecule has 9 heteroatoms. The molecule has 0 bridgehead atoms. The second-order valence-corrected chi connectivity index (χ2v) is 11.1. The van der Waals surface area contributed by atoms with Gasteiger partial charge in [-0.1, -0.05) is 83.2 Å². The minimum atomic E-state index is 0.537. The van der Waals surface area contributed by atoms with E-state index >= 15 is 0 Å². The van der Waals surface area contributed by atoms with E-state index in [0.29, 0.717) is 22.9 Å². The largest absolute Gasteiger partial charge is 0.411 e. The van der Waals surface area contributed by atoms with E-state index in [1.807, 2.05) is 60.7 Å². The van der Waals surface area contributed by atoms with E-state index in [4.69, 9.17) is 12.2 Å². The molecule has 2 N–H and O–H groups in total. The molecule has 0 radical (unpaired) electrons. The lowest BCUT2D eigenvalue weighted by Crippen LogP contribution is -2.04. The standard InChI is InChI=1S/C19H16N2O2S5/c22-20-15(13-7-3-1-4-8-13)11-25-17-18(28-19(24)27-17)26-12-16(21-23)14-9-5-2-6-10-14/h1-10,22-23H,11-12H2/b20-15-,21-16+. The summed E-state index contributed by atoms with van der Waals surface area (Å²) in [5, 5.41) is 25.7. The van der Waals surface area contributed by atoms with Gasteiger partial charge in [0.15, 0.2) is 0 Å². The van der Waals surface area contributed by atoms with Crippen molar-refractivity contribution in [3.05, 3.63) is 74.9 Å². The van der Waals surface area contributed by atoms with Crippen molar-refractivity contribution >= 4 is 69.8 Å². The predicted octanol–water partition coefficient (Wildman–Crippen LogP) is 6.48. The fourth-order valence-electron chi connectivity index (χ4n) is 2.30. The third-order valence-corrected chi connectivity index (χ3v) is 9.26. The van der Waals surface area contributed by atoms with E-state index in [2.05, 4.69) is 10.3 Å². The number of benzene rings is 2. The Hall–Kier alpha value is -1.65. The molecule has 1 heterocycles. The molecule has 0 fully saturated rings. The van der Waals surface area contributed by atoms with Gasteiger partial charge in [0.1, 0.15) is 3.14 Å². The minimum Gasteiger partial charge on any atom is -0.411 e. The minimum absolute atomic E-state index is 0.537. The first-order chi connectivity index (χ1) is 13.7. The Labute approximate surface area is 184 Å². The molecule has 4 nitrogen and oxygen atoms in total. The van der Waals surface area contributed by atoms with Crippen LogP contribution in [0.1, 0.15) is 11.1 Å². The van der Waals surface area contributed by atoms with Crippen molar-refractivity contribution in [2.45, 2.75) is 8.42 Å². The summed E-state index contributed by atoms with van der Waals surface area (Å²) in [6, 6.07) is 19.2. The van der Waals surface area contributed by atoms with Crippen molar-refractivity contribution in [1.82, 2.24) is 0 Å². The highest BCUT2D eigenvalue weighted by Gasteiger charge is 2.14. The van der Waals surface area contributed by atoms with Gasteiger partial charge in [0, 0.05) is 22.6 Å².